The van der Waals surface area contributed by atoms with Gasteiger partial charge in [0.15, 0.2) is 0 Å². The topological polar surface area (TPSA) is 75.9 Å². The van der Waals surface area contributed by atoms with Gasteiger partial charge in [-0.15, -0.1) is 0 Å². The predicted octanol–water partition coefficient (Wildman–Crippen LogP) is 2.81. The fourth-order valence-electron chi connectivity index (χ4n) is 5.64. The summed E-state index contributed by atoms with van der Waals surface area (Å²) in [5.41, 5.74) is 7.43. The molecule has 2 aliphatic heterocycles. The largest absolute Gasteiger partial charge is 0.449 e. The second kappa shape index (κ2) is 8.74. The zero-order valence-electron chi connectivity index (χ0n) is 17.2. The number of carbonyl (C=O) groups excluding carboxylic acids is 2. The van der Waals surface area contributed by atoms with E-state index < -0.39 is 6.04 Å². The average Bonchev–Trinajstić information content (AvgIpc) is 3.15. The standard InChI is InChI=1S/C23H33N3O3/c24-17-19-8-4-9-23(19)10-13-25(14-11-23)21(27)20(16-18-6-2-1-3-7-18)26-12-5-15-29-22(26)28/h1-3,6-7,19-20H,4-5,8-17,24H2. The molecule has 2 atom stereocenters. The zero-order chi connectivity index (χ0) is 20.3. The second-order valence-corrected chi connectivity index (χ2v) is 8.88. The van der Waals surface area contributed by atoms with Crippen molar-refractivity contribution in [1.29, 1.82) is 0 Å². The predicted molar refractivity (Wildman–Crippen MR) is 111 cm³/mol. The zero-order valence-corrected chi connectivity index (χ0v) is 17.2. The van der Waals surface area contributed by atoms with E-state index in [9.17, 15) is 9.59 Å². The number of benzene rings is 1. The highest BCUT2D eigenvalue weighted by molar-refractivity contribution is 5.86. The van der Waals surface area contributed by atoms with Crippen LogP contribution in [0.2, 0.25) is 0 Å². The highest BCUT2D eigenvalue weighted by atomic mass is 16.6. The number of likely N-dealkylation sites (tertiary alicyclic amines) is 1. The lowest BCUT2D eigenvalue weighted by Gasteiger charge is -2.45. The maximum Gasteiger partial charge on any atom is 0.410 e. The van der Waals surface area contributed by atoms with Crippen molar-refractivity contribution < 1.29 is 14.3 Å². The second-order valence-electron chi connectivity index (χ2n) is 8.88. The van der Waals surface area contributed by atoms with Gasteiger partial charge in [0, 0.05) is 26.1 Å². The van der Waals surface area contributed by atoms with Gasteiger partial charge >= 0.3 is 6.09 Å². The van der Waals surface area contributed by atoms with Crippen molar-refractivity contribution in [2.24, 2.45) is 17.1 Å². The van der Waals surface area contributed by atoms with Crippen LogP contribution in [0.1, 0.15) is 44.1 Å². The number of carbonyl (C=O) groups is 2. The fourth-order valence-corrected chi connectivity index (χ4v) is 5.64. The number of nitrogens with two attached hydrogens (primary N) is 1. The first-order chi connectivity index (χ1) is 14.1. The molecule has 6 heteroatoms. The van der Waals surface area contributed by atoms with Crippen molar-refractivity contribution in [3.8, 4) is 0 Å². The van der Waals surface area contributed by atoms with Crippen molar-refractivity contribution in [3.05, 3.63) is 35.9 Å². The van der Waals surface area contributed by atoms with E-state index >= 15 is 0 Å². The van der Waals surface area contributed by atoms with Gasteiger partial charge in [-0.3, -0.25) is 9.69 Å². The molecule has 158 valence electrons. The molecule has 1 aromatic rings. The van der Waals surface area contributed by atoms with Crippen molar-refractivity contribution in [3.63, 3.8) is 0 Å². The number of amides is 2. The highest BCUT2D eigenvalue weighted by Crippen LogP contribution is 2.50. The van der Waals surface area contributed by atoms with E-state index in [-0.39, 0.29) is 12.0 Å². The van der Waals surface area contributed by atoms with Gasteiger partial charge in [0.1, 0.15) is 6.04 Å². The molecular formula is C23H33N3O3. The Balaban J connectivity index is 1.48. The monoisotopic (exact) mass is 399 g/mol. The molecule has 29 heavy (non-hydrogen) atoms. The number of piperidine rings is 1. The van der Waals surface area contributed by atoms with Gasteiger partial charge in [-0.05, 0) is 55.5 Å². The normalized spacial score (nSPS) is 25.1. The lowest BCUT2D eigenvalue weighted by atomic mass is 9.70. The van der Waals surface area contributed by atoms with E-state index in [1.54, 1.807) is 4.90 Å². The molecule has 4 rings (SSSR count). The maximum atomic E-state index is 13.6. The Hall–Kier alpha value is -2.08. The quantitative estimate of drug-likeness (QED) is 0.826. The van der Waals surface area contributed by atoms with Crippen molar-refractivity contribution in [1.82, 2.24) is 9.80 Å². The average molecular weight is 400 g/mol. The third-order valence-corrected chi connectivity index (χ3v) is 7.39. The molecule has 0 bridgehead atoms. The van der Waals surface area contributed by atoms with E-state index in [4.69, 9.17) is 10.5 Å². The van der Waals surface area contributed by atoms with Crippen LogP contribution in [0.3, 0.4) is 0 Å². The SMILES string of the molecule is NCC1CCCC12CCN(C(=O)C(Cc1ccccc1)N1CCCOC1=O)CC2. The summed E-state index contributed by atoms with van der Waals surface area (Å²) in [6, 6.07) is 9.46. The summed E-state index contributed by atoms with van der Waals surface area (Å²) < 4.78 is 5.25. The molecular weight excluding hydrogens is 366 g/mol. The molecule has 1 saturated carbocycles. The van der Waals surface area contributed by atoms with E-state index in [1.165, 1.54) is 19.3 Å². The summed E-state index contributed by atoms with van der Waals surface area (Å²) >= 11 is 0. The molecule has 1 aromatic carbocycles. The summed E-state index contributed by atoms with van der Waals surface area (Å²) in [5.74, 6) is 0.654. The maximum absolute atomic E-state index is 13.6. The number of rotatable bonds is 5. The molecule has 1 aliphatic carbocycles. The molecule has 2 unspecified atom stereocenters. The van der Waals surface area contributed by atoms with Crippen LogP contribution in [0.5, 0.6) is 0 Å². The van der Waals surface area contributed by atoms with Crippen molar-refractivity contribution >= 4 is 12.0 Å². The number of hydrogen-bond donors (Lipinski definition) is 1. The molecule has 3 fully saturated rings. The molecule has 2 saturated heterocycles. The van der Waals surface area contributed by atoms with E-state index in [2.05, 4.69) is 0 Å². The molecule has 2 amide bonds. The van der Waals surface area contributed by atoms with E-state index in [0.29, 0.717) is 30.9 Å². The van der Waals surface area contributed by atoms with Crippen LogP contribution in [0.15, 0.2) is 30.3 Å². The number of ether oxygens (including phenoxy) is 1. The first-order valence-electron chi connectivity index (χ1n) is 11.1. The van der Waals surface area contributed by atoms with Crippen LogP contribution in [0.4, 0.5) is 4.79 Å². The minimum Gasteiger partial charge on any atom is -0.449 e. The molecule has 3 aliphatic rings. The Morgan fingerprint density at radius 2 is 1.90 bits per heavy atom. The third-order valence-electron chi connectivity index (χ3n) is 7.39. The van der Waals surface area contributed by atoms with Crippen LogP contribution < -0.4 is 5.73 Å². The van der Waals surface area contributed by atoms with Crippen LogP contribution in [0, 0.1) is 11.3 Å². The molecule has 1 spiro atoms. The van der Waals surface area contributed by atoms with Crippen LogP contribution in [0.25, 0.3) is 0 Å². The van der Waals surface area contributed by atoms with Gasteiger partial charge in [-0.25, -0.2) is 4.79 Å². The number of nitrogens with zero attached hydrogens (tertiary/aromatic N) is 2. The van der Waals surface area contributed by atoms with Crippen LogP contribution >= 0.6 is 0 Å². The highest BCUT2D eigenvalue weighted by Gasteiger charge is 2.45. The van der Waals surface area contributed by atoms with Gasteiger partial charge in [0.25, 0.3) is 0 Å². The van der Waals surface area contributed by atoms with E-state index in [1.807, 2.05) is 35.2 Å². The summed E-state index contributed by atoms with van der Waals surface area (Å²) in [4.78, 5) is 29.6. The molecule has 0 radical (unpaired) electrons. The summed E-state index contributed by atoms with van der Waals surface area (Å²) in [5, 5.41) is 0. The Labute approximate surface area is 173 Å². The first-order valence-corrected chi connectivity index (χ1v) is 11.1. The number of cyclic esters (lactones) is 1. The van der Waals surface area contributed by atoms with Gasteiger partial charge in [-0.1, -0.05) is 36.8 Å². The minimum absolute atomic E-state index is 0.0600. The van der Waals surface area contributed by atoms with Gasteiger partial charge in [0.2, 0.25) is 5.91 Å². The molecule has 2 N–H and O–H groups in total. The fraction of sp³-hybridized carbons (Fsp3) is 0.652. The lowest BCUT2D eigenvalue weighted by molar-refractivity contribution is -0.140. The summed E-state index contributed by atoms with van der Waals surface area (Å²) in [6.07, 6.45) is 6.72. The van der Waals surface area contributed by atoms with Crippen LogP contribution in [-0.4, -0.2) is 60.6 Å². The van der Waals surface area contributed by atoms with Crippen molar-refractivity contribution in [2.45, 2.75) is 51.0 Å². The first kappa shape index (κ1) is 20.2. The summed E-state index contributed by atoms with van der Waals surface area (Å²) in [7, 11) is 0. The third kappa shape index (κ3) is 4.13. The van der Waals surface area contributed by atoms with Gasteiger partial charge < -0.3 is 15.4 Å². The van der Waals surface area contributed by atoms with Crippen molar-refractivity contribution in [2.75, 3.05) is 32.8 Å². The Kier molecular flexibility index (Phi) is 6.09. The van der Waals surface area contributed by atoms with E-state index in [0.717, 1.165) is 44.5 Å². The summed E-state index contributed by atoms with van der Waals surface area (Å²) in [6.45, 7) is 3.31. The molecule has 0 aromatic heterocycles. The minimum atomic E-state index is -0.492. The van der Waals surface area contributed by atoms with Crippen LogP contribution in [-0.2, 0) is 16.0 Å². The molecule has 2 heterocycles. The Bertz CT molecular complexity index is 715. The smallest absolute Gasteiger partial charge is 0.410 e. The molecule has 6 nitrogen and oxygen atoms in total. The lowest BCUT2D eigenvalue weighted by Crippen LogP contribution is -2.56. The Morgan fingerprint density at radius 1 is 1.14 bits per heavy atom. The van der Waals surface area contributed by atoms with Gasteiger partial charge in [0.05, 0.1) is 6.61 Å². The number of hydrogen-bond acceptors (Lipinski definition) is 4. The van der Waals surface area contributed by atoms with Gasteiger partial charge in [-0.2, -0.15) is 0 Å². The Morgan fingerprint density at radius 3 is 2.59 bits per heavy atom.